The van der Waals surface area contributed by atoms with Gasteiger partial charge in [0.05, 0.1) is 16.8 Å². The molecule has 0 amide bonds. The number of aromatic nitrogens is 4. The van der Waals surface area contributed by atoms with E-state index in [4.69, 9.17) is 11.6 Å². The van der Waals surface area contributed by atoms with Gasteiger partial charge in [0.25, 0.3) is 0 Å². The fraction of sp³-hybridized carbons (Fsp3) is 0.391. The first-order chi connectivity index (χ1) is 14.8. The first kappa shape index (κ1) is 21.4. The summed E-state index contributed by atoms with van der Waals surface area (Å²) in [5.41, 5.74) is 1.97. The molecule has 4 heterocycles. The van der Waals surface area contributed by atoms with Gasteiger partial charge in [-0.15, -0.1) is 6.58 Å². The first-order valence-electron chi connectivity index (χ1n) is 10.5. The molecule has 8 heteroatoms. The van der Waals surface area contributed by atoms with Gasteiger partial charge in [-0.1, -0.05) is 31.5 Å². The molecule has 0 bridgehead atoms. The fourth-order valence-corrected chi connectivity index (χ4v) is 4.39. The van der Waals surface area contributed by atoms with Crippen LogP contribution in [0.4, 0.5) is 10.2 Å². The Kier molecular flexibility index (Phi) is 5.79. The number of nitrogens with zero attached hydrogens (tertiary/aromatic N) is 5. The highest BCUT2D eigenvalue weighted by molar-refractivity contribution is 6.30. The van der Waals surface area contributed by atoms with Crippen LogP contribution in [-0.2, 0) is 0 Å². The van der Waals surface area contributed by atoms with E-state index >= 15 is 0 Å². The van der Waals surface area contributed by atoms with Crippen molar-refractivity contribution in [2.45, 2.75) is 52.0 Å². The van der Waals surface area contributed by atoms with Gasteiger partial charge in [-0.2, -0.15) is 4.98 Å². The molecule has 1 saturated heterocycles. The molecule has 6 nitrogen and oxygen atoms in total. The second-order valence-corrected chi connectivity index (χ2v) is 8.55. The summed E-state index contributed by atoms with van der Waals surface area (Å²) >= 11 is 6.07. The molecule has 3 aromatic heterocycles. The van der Waals surface area contributed by atoms with E-state index < -0.39 is 11.5 Å². The number of fused-ring (bicyclic) bond motifs is 1. The van der Waals surface area contributed by atoms with Crippen molar-refractivity contribution >= 4 is 28.5 Å². The number of anilines is 1. The number of piperidine rings is 1. The largest absolute Gasteiger partial charge is 0.355 e. The van der Waals surface area contributed by atoms with Crippen LogP contribution < -0.4 is 10.6 Å². The van der Waals surface area contributed by atoms with Gasteiger partial charge in [0.2, 0.25) is 0 Å². The molecule has 4 rings (SSSR count). The van der Waals surface area contributed by atoms with Crippen molar-refractivity contribution in [3.8, 4) is 5.69 Å². The van der Waals surface area contributed by atoms with E-state index in [2.05, 4.69) is 21.5 Å². The van der Waals surface area contributed by atoms with E-state index in [1.807, 2.05) is 37.8 Å². The normalized spacial score (nSPS) is 16.8. The number of hydrogen-bond acceptors (Lipinski definition) is 5. The van der Waals surface area contributed by atoms with Crippen LogP contribution in [-0.4, -0.2) is 32.1 Å². The summed E-state index contributed by atoms with van der Waals surface area (Å²) in [5, 5.41) is 0.151. The van der Waals surface area contributed by atoms with Crippen LogP contribution in [0.5, 0.6) is 0 Å². The lowest BCUT2D eigenvalue weighted by Gasteiger charge is -2.35. The van der Waals surface area contributed by atoms with Crippen LogP contribution in [0.2, 0.25) is 5.15 Å². The zero-order chi connectivity index (χ0) is 22.3. The summed E-state index contributed by atoms with van der Waals surface area (Å²) in [6.07, 6.45) is 6.48. The van der Waals surface area contributed by atoms with Gasteiger partial charge >= 0.3 is 5.69 Å². The Hall–Kier alpha value is -2.80. The molecule has 162 valence electrons. The van der Waals surface area contributed by atoms with Crippen molar-refractivity contribution in [1.29, 1.82) is 0 Å². The minimum absolute atomic E-state index is 0.0183. The molecule has 1 aliphatic heterocycles. The molecular formula is C23H25ClFN5O. The maximum Gasteiger partial charge on any atom is 0.355 e. The Morgan fingerprint density at radius 2 is 2.10 bits per heavy atom. The van der Waals surface area contributed by atoms with E-state index in [-0.39, 0.29) is 22.8 Å². The number of hydrogen-bond donors (Lipinski definition) is 0. The van der Waals surface area contributed by atoms with E-state index in [9.17, 15) is 9.18 Å². The molecule has 1 unspecified atom stereocenters. The average molecular weight is 442 g/mol. The summed E-state index contributed by atoms with van der Waals surface area (Å²) in [7, 11) is 0. The van der Waals surface area contributed by atoms with Crippen molar-refractivity contribution in [3.63, 3.8) is 0 Å². The monoisotopic (exact) mass is 441 g/mol. The fourth-order valence-electron chi connectivity index (χ4n) is 4.25. The molecule has 1 fully saturated rings. The molecular weight excluding hydrogens is 417 g/mol. The molecule has 31 heavy (non-hydrogen) atoms. The Morgan fingerprint density at radius 1 is 1.32 bits per heavy atom. The van der Waals surface area contributed by atoms with Gasteiger partial charge in [0.1, 0.15) is 5.82 Å². The minimum atomic E-state index is -0.651. The summed E-state index contributed by atoms with van der Waals surface area (Å²) in [6.45, 7) is 10.5. The second kappa shape index (κ2) is 8.38. The number of halogens is 2. The highest BCUT2D eigenvalue weighted by Gasteiger charge is 2.27. The van der Waals surface area contributed by atoms with E-state index in [0.717, 1.165) is 30.5 Å². The van der Waals surface area contributed by atoms with Gasteiger partial charge in [-0.05, 0) is 49.8 Å². The molecule has 0 aliphatic carbocycles. The zero-order valence-electron chi connectivity index (χ0n) is 17.9. The third-order valence-corrected chi connectivity index (χ3v) is 6.04. The molecule has 1 aliphatic rings. The molecule has 0 aromatic carbocycles. The van der Waals surface area contributed by atoms with Crippen molar-refractivity contribution in [1.82, 2.24) is 19.5 Å². The number of aryl methyl sites for hydroxylation is 1. The third kappa shape index (κ3) is 3.71. The Bertz CT molecular complexity index is 1220. The maximum absolute atomic E-state index is 14.5. The van der Waals surface area contributed by atoms with E-state index in [0.29, 0.717) is 23.4 Å². The van der Waals surface area contributed by atoms with Crippen LogP contribution in [0.15, 0.2) is 35.8 Å². The highest BCUT2D eigenvalue weighted by Crippen LogP contribution is 2.33. The maximum atomic E-state index is 14.5. The average Bonchev–Trinajstić information content (AvgIpc) is 2.75. The molecule has 3 aromatic rings. The smallest absolute Gasteiger partial charge is 0.349 e. The molecule has 0 N–H and O–H groups in total. The van der Waals surface area contributed by atoms with Crippen molar-refractivity contribution < 1.29 is 4.39 Å². The Balaban J connectivity index is 2.09. The third-order valence-electron chi connectivity index (χ3n) is 5.78. The molecule has 0 spiro atoms. The van der Waals surface area contributed by atoms with Crippen LogP contribution in [0, 0.1) is 12.7 Å². The van der Waals surface area contributed by atoms with Gasteiger partial charge in [-0.25, -0.2) is 18.7 Å². The molecule has 0 saturated carbocycles. The van der Waals surface area contributed by atoms with Gasteiger partial charge in [0, 0.05) is 18.8 Å². The summed E-state index contributed by atoms with van der Waals surface area (Å²) in [4.78, 5) is 28.6. The van der Waals surface area contributed by atoms with Crippen LogP contribution in [0.3, 0.4) is 0 Å². The molecule has 0 radical (unpaired) electrons. The minimum Gasteiger partial charge on any atom is -0.349 e. The standard InChI is InChI=1S/C23H25ClFN5O/c1-5-15-8-6-7-11-29(15)21-16-12-17(25)20(24)27-22(16)30(23(31)28-21)19-14(4)9-10-26-18(19)13(2)3/h5,9-10,12-13,15H,1,6-8,11H2,2-4H3. The summed E-state index contributed by atoms with van der Waals surface area (Å²) in [6, 6.07) is 3.17. The van der Waals surface area contributed by atoms with Gasteiger partial charge in [-0.3, -0.25) is 4.98 Å². The molecule has 1 atom stereocenters. The zero-order valence-corrected chi connectivity index (χ0v) is 18.7. The lowest BCUT2D eigenvalue weighted by atomic mass is 10.0. The lowest BCUT2D eigenvalue weighted by Crippen LogP contribution is -2.40. The van der Waals surface area contributed by atoms with E-state index in [1.54, 1.807) is 6.20 Å². The van der Waals surface area contributed by atoms with Crippen molar-refractivity contribution in [2.75, 3.05) is 11.4 Å². The lowest BCUT2D eigenvalue weighted by molar-refractivity contribution is 0.511. The predicted octanol–water partition coefficient (Wildman–Crippen LogP) is 4.94. The van der Waals surface area contributed by atoms with Crippen LogP contribution in [0.25, 0.3) is 16.7 Å². The first-order valence-corrected chi connectivity index (χ1v) is 10.8. The quantitative estimate of drug-likeness (QED) is 0.423. The second-order valence-electron chi connectivity index (χ2n) is 8.19. The SMILES string of the molecule is C=CC1CCCCN1c1nc(=O)n(-c2c(C)ccnc2C(C)C)c2nc(Cl)c(F)cc12. The van der Waals surface area contributed by atoms with Crippen molar-refractivity contribution in [2.24, 2.45) is 0 Å². The summed E-state index contributed by atoms with van der Waals surface area (Å²) < 4.78 is 15.9. The van der Waals surface area contributed by atoms with Gasteiger partial charge in [0.15, 0.2) is 16.6 Å². The Labute approximate surface area is 185 Å². The van der Waals surface area contributed by atoms with Crippen LogP contribution in [0.1, 0.15) is 50.3 Å². The topological polar surface area (TPSA) is 63.9 Å². The number of pyridine rings is 2. The predicted molar refractivity (Wildman–Crippen MR) is 122 cm³/mol. The van der Waals surface area contributed by atoms with E-state index in [1.165, 1.54) is 10.6 Å². The van der Waals surface area contributed by atoms with Crippen molar-refractivity contribution in [3.05, 3.63) is 63.7 Å². The number of rotatable bonds is 4. The highest BCUT2D eigenvalue weighted by atomic mass is 35.5. The van der Waals surface area contributed by atoms with Crippen LogP contribution >= 0.6 is 11.6 Å². The Morgan fingerprint density at radius 3 is 2.81 bits per heavy atom. The van der Waals surface area contributed by atoms with Gasteiger partial charge < -0.3 is 4.90 Å². The summed E-state index contributed by atoms with van der Waals surface area (Å²) in [5.74, 6) is -0.183.